The molecule has 0 unspecified atom stereocenters. The van der Waals surface area contributed by atoms with Crippen molar-refractivity contribution >= 4 is 17.5 Å². The van der Waals surface area contributed by atoms with Crippen LogP contribution in [0.1, 0.15) is 0 Å². The molecule has 2 atom stereocenters. The number of Topliss-reactive ketones (excluding diaryl/α,β-unsaturated/α-hetero) is 2. The van der Waals surface area contributed by atoms with E-state index in [2.05, 4.69) is 4.74 Å². The largest absolute Gasteiger partial charge is 0.445 e. The lowest BCUT2D eigenvalue weighted by molar-refractivity contribution is -0.151. The lowest BCUT2D eigenvalue weighted by Gasteiger charge is -2.09. The zero-order valence-corrected chi connectivity index (χ0v) is 5.82. The molecule has 66 valence electrons. The zero-order valence-electron chi connectivity index (χ0n) is 5.82. The Kier molecular flexibility index (Phi) is 2.18. The molecule has 6 heteroatoms. The van der Waals surface area contributed by atoms with Gasteiger partial charge in [0, 0.05) is 0 Å². The summed E-state index contributed by atoms with van der Waals surface area (Å²) >= 11 is 0. The van der Waals surface area contributed by atoms with E-state index in [1.54, 1.807) is 0 Å². The van der Waals surface area contributed by atoms with Crippen LogP contribution in [0.4, 0.5) is 4.39 Å². The summed E-state index contributed by atoms with van der Waals surface area (Å²) in [6, 6.07) is 0. The van der Waals surface area contributed by atoms with Crippen molar-refractivity contribution in [3.8, 4) is 0 Å². The summed E-state index contributed by atoms with van der Waals surface area (Å²) in [5, 5.41) is 8.74. The first kappa shape index (κ1) is 8.79. The summed E-state index contributed by atoms with van der Waals surface area (Å²) in [6.45, 7) is -1.24. The summed E-state index contributed by atoms with van der Waals surface area (Å²) in [6.07, 6.45) is -3.40. The number of halogens is 1. The molecule has 0 aliphatic carbocycles. The third-order valence-electron chi connectivity index (χ3n) is 1.41. The van der Waals surface area contributed by atoms with Crippen LogP contribution in [-0.2, 0) is 19.1 Å². The number of alkyl halides is 1. The van der Waals surface area contributed by atoms with Gasteiger partial charge in [0.05, 0.1) is 0 Å². The summed E-state index contributed by atoms with van der Waals surface area (Å²) in [7, 11) is 0. The number of rotatable bonds is 2. The number of hydrogen-bond donors (Lipinski definition) is 1. The second-order valence-electron chi connectivity index (χ2n) is 2.24. The minimum absolute atomic E-state index is 1.19. The van der Waals surface area contributed by atoms with E-state index in [4.69, 9.17) is 5.11 Å². The number of aliphatic hydroxyl groups excluding tert-OH is 1. The van der Waals surface area contributed by atoms with E-state index in [0.717, 1.165) is 0 Å². The minimum atomic E-state index is -1.74. The number of ether oxygens (including phenoxy) is 1. The lowest BCUT2D eigenvalue weighted by Crippen LogP contribution is -2.34. The van der Waals surface area contributed by atoms with Gasteiger partial charge < -0.3 is 9.84 Å². The third kappa shape index (κ3) is 1.20. The second kappa shape index (κ2) is 2.98. The van der Waals surface area contributed by atoms with E-state index >= 15 is 0 Å². The van der Waals surface area contributed by atoms with E-state index in [0.29, 0.717) is 0 Å². The van der Waals surface area contributed by atoms with Crippen LogP contribution in [-0.4, -0.2) is 41.5 Å². The van der Waals surface area contributed by atoms with Crippen LogP contribution < -0.4 is 0 Å². The van der Waals surface area contributed by atoms with Gasteiger partial charge in [-0.1, -0.05) is 0 Å². The first-order chi connectivity index (χ1) is 5.57. The van der Waals surface area contributed by atoms with Crippen molar-refractivity contribution in [1.29, 1.82) is 0 Å². The van der Waals surface area contributed by atoms with E-state index in [1.807, 2.05) is 0 Å². The molecule has 1 aliphatic rings. The Morgan fingerprint density at radius 2 is 2.08 bits per heavy atom. The molecule has 1 heterocycles. The van der Waals surface area contributed by atoms with Gasteiger partial charge in [-0.25, -0.2) is 9.18 Å². The van der Waals surface area contributed by atoms with Crippen molar-refractivity contribution in [3.05, 3.63) is 0 Å². The smallest absolute Gasteiger partial charge is 0.383 e. The lowest BCUT2D eigenvalue weighted by atomic mass is 10.1. The van der Waals surface area contributed by atoms with Gasteiger partial charge in [0.15, 0.2) is 6.10 Å². The minimum Gasteiger partial charge on any atom is -0.445 e. The number of cyclic esters (lactones) is 1. The number of carbonyl (C=O) groups is 3. The van der Waals surface area contributed by atoms with Crippen LogP contribution >= 0.6 is 0 Å². The van der Waals surface area contributed by atoms with Crippen LogP contribution in [0.15, 0.2) is 0 Å². The van der Waals surface area contributed by atoms with Gasteiger partial charge >= 0.3 is 11.8 Å². The Morgan fingerprint density at radius 3 is 2.42 bits per heavy atom. The van der Waals surface area contributed by atoms with Gasteiger partial charge in [0.25, 0.3) is 5.78 Å². The number of esters is 1. The van der Waals surface area contributed by atoms with Crippen molar-refractivity contribution in [3.63, 3.8) is 0 Å². The first-order valence-corrected chi connectivity index (χ1v) is 3.11. The van der Waals surface area contributed by atoms with E-state index in [-0.39, 0.29) is 0 Å². The maximum absolute atomic E-state index is 11.8. The molecule has 1 N–H and O–H groups in total. The average Bonchev–Trinajstić information content (AvgIpc) is 2.32. The maximum atomic E-state index is 11.8. The van der Waals surface area contributed by atoms with Gasteiger partial charge in [0.1, 0.15) is 12.8 Å². The van der Waals surface area contributed by atoms with Crippen molar-refractivity contribution in [2.45, 2.75) is 12.2 Å². The van der Waals surface area contributed by atoms with Crippen molar-refractivity contribution < 1.29 is 28.6 Å². The summed E-state index contributed by atoms with van der Waals surface area (Å²) < 4.78 is 15.9. The number of carbonyl (C=O) groups excluding carboxylic acids is 3. The molecule has 12 heavy (non-hydrogen) atoms. The van der Waals surface area contributed by atoms with Crippen LogP contribution in [0.5, 0.6) is 0 Å². The Labute approximate surface area is 66.1 Å². The van der Waals surface area contributed by atoms with Gasteiger partial charge in [-0.3, -0.25) is 9.59 Å². The topological polar surface area (TPSA) is 80.7 Å². The summed E-state index contributed by atoms with van der Waals surface area (Å²) in [4.78, 5) is 31.6. The molecule has 0 aromatic rings. The fourth-order valence-electron chi connectivity index (χ4n) is 0.786. The Bertz CT molecular complexity index is 248. The molecular weight excluding hydrogens is 171 g/mol. The number of ketones is 2. The highest BCUT2D eigenvalue weighted by Gasteiger charge is 2.45. The molecule has 1 saturated heterocycles. The fourth-order valence-corrected chi connectivity index (χ4v) is 0.786. The van der Waals surface area contributed by atoms with Crippen molar-refractivity contribution in [2.24, 2.45) is 0 Å². The highest BCUT2D eigenvalue weighted by molar-refractivity contribution is 6.65. The summed E-state index contributed by atoms with van der Waals surface area (Å²) in [5.41, 5.74) is 0. The third-order valence-corrected chi connectivity index (χ3v) is 1.41. The Hall–Kier alpha value is -1.30. The number of aliphatic hydroxyl groups is 1. The first-order valence-electron chi connectivity index (χ1n) is 3.11. The predicted octanol–water partition coefficient (Wildman–Crippen LogP) is -1.62. The molecule has 0 aromatic carbocycles. The zero-order chi connectivity index (χ0) is 9.30. The normalized spacial score (nSPS) is 25.8. The molecule has 1 rings (SSSR count). The average molecular weight is 176 g/mol. The quantitative estimate of drug-likeness (QED) is 0.404. The molecule has 1 fully saturated rings. The molecule has 0 saturated carbocycles. The van der Waals surface area contributed by atoms with E-state index in [9.17, 15) is 18.8 Å². The van der Waals surface area contributed by atoms with Gasteiger partial charge in [-0.05, 0) is 0 Å². The Balaban J connectivity index is 2.78. The molecule has 1 aliphatic heterocycles. The maximum Gasteiger partial charge on any atom is 0.383 e. The Morgan fingerprint density at radius 1 is 1.50 bits per heavy atom. The predicted molar refractivity (Wildman–Crippen MR) is 31.9 cm³/mol. The van der Waals surface area contributed by atoms with Crippen molar-refractivity contribution in [1.82, 2.24) is 0 Å². The van der Waals surface area contributed by atoms with Crippen LogP contribution in [0.3, 0.4) is 0 Å². The van der Waals surface area contributed by atoms with Crippen LogP contribution in [0.2, 0.25) is 0 Å². The number of hydrogen-bond acceptors (Lipinski definition) is 5. The molecule has 5 nitrogen and oxygen atoms in total. The monoisotopic (exact) mass is 176 g/mol. The van der Waals surface area contributed by atoms with Crippen molar-refractivity contribution in [2.75, 3.05) is 6.67 Å². The van der Waals surface area contributed by atoms with E-state index < -0.39 is 36.4 Å². The van der Waals surface area contributed by atoms with Gasteiger partial charge in [0.2, 0.25) is 0 Å². The van der Waals surface area contributed by atoms with Crippen LogP contribution in [0, 0.1) is 0 Å². The molecule has 0 amide bonds. The summed E-state index contributed by atoms with van der Waals surface area (Å²) in [5.74, 6) is -3.87. The van der Waals surface area contributed by atoms with E-state index in [1.165, 1.54) is 0 Å². The van der Waals surface area contributed by atoms with Crippen LogP contribution in [0.25, 0.3) is 0 Å². The second-order valence-corrected chi connectivity index (χ2v) is 2.24. The highest BCUT2D eigenvalue weighted by Crippen LogP contribution is 2.11. The standard InChI is InChI=1S/C6H5FO5/c7-1-2(8)5-3(9)4(10)6(11)12-5/h2,5,8H,1H2/t2-,5+/m0/s1. The highest BCUT2D eigenvalue weighted by atomic mass is 19.1. The molecule has 0 radical (unpaired) electrons. The SMILES string of the molecule is O=C1O[C@H]([C@@H](O)CF)C(=O)C1=O. The molecule has 0 spiro atoms. The molecular formula is C6H5FO5. The molecule has 0 bridgehead atoms. The van der Waals surface area contributed by atoms with Gasteiger partial charge in [-0.2, -0.15) is 0 Å². The fraction of sp³-hybridized carbons (Fsp3) is 0.500. The molecule has 0 aromatic heterocycles. The van der Waals surface area contributed by atoms with Gasteiger partial charge in [-0.15, -0.1) is 0 Å².